The highest BCUT2D eigenvalue weighted by atomic mass is 16.1. The summed E-state index contributed by atoms with van der Waals surface area (Å²) in [6, 6.07) is 5.94. The van der Waals surface area contributed by atoms with E-state index in [4.69, 9.17) is 5.73 Å². The standard InChI is InChI=1S/C14H22N4O/c1-14(2,5-6-15)9-16-8-10-3-4-11-12(7-10)18-13(19)17-11/h3-4,7,16H,5-6,8-9,15H2,1-2H3,(H2,17,18,19). The number of fused-ring (bicyclic) bond motifs is 1. The Balaban J connectivity index is 1.96. The van der Waals surface area contributed by atoms with E-state index in [0.717, 1.165) is 36.1 Å². The Bertz CT molecular complexity index is 597. The lowest BCUT2D eigenvalue weighted by Crippen LogP contribution is -2.30. The van der Waals surface area contributed by atoms with Crippen LogP contribution in [-0.4, -0.2) is 23.1 Å². The van der Waals surface area contributed by atoms with Crippen LogP contribution in [0.4, 0.5) is 0 Å². The lowest BCUT2D eigenvalue weighted by molar-refractivity contribution is 0.319. The normalized spacial score (nSPS) is 12.2. The summed E-state index contributed by atoms with van der Waals surface area (Å²) in [4.78, 5) is 16.7. The Kier molecular flexibility index (Phi) is 4.07. The van der Waals surface area contributed by atoms with E-state index in [2.05, 4.69) is 29.1 Å². The van der Waals surface area contributed by atoms with Gasteiger partial charge in [-0.05, 0) is 36.1 Å². The summed E-state index contributed by atoms with van der Waals surface area (Å²) in [7, 11) is 0. The van der Waals surface area contributed by atoms with Crippen molar-refractivity contribution in [1.29, 1.82) is 0 Å². The maximum atomic E-state index is 11.2. The molecule has 2 rings (SSSR count). The van der Waals surface area contributed by atoms with Crippen molar-refractivity contribution in [3.05, 3.63) is 34.2 Å². The van der Waals surface area contributed by atoms with Crippen LogP contribution in [-0.2, 0) is 6.54 Å². The molecule has 0 radical (unpaired) electrons. The molecule has 1 heterocycles. The van der Waals surface area contributed by atoms with Gasteiger partial charge in [-0.1, -0.05) is 19.9 Å². The number of H-pyrrole nitrogens is 2. The second-order valence-electron chi connectivity index (χ2n) is 5.77. The number of hydrogen-bond acceptors (Lipinski definition) is 3. The summed E-state index contributed by atoms with van der Waals surface area (Å²) in [6.45, 7) is 6.84. The molecule has 0 spiro atoms. The Morgan fingerprint density at radius 1 is 1.26 bits per heavy atom. The molecular weight excluding hydrogens is 240 g/mol. The van der Waals surface area contributed by atoms with Gasteiger partial charge in [0.2, 0.25) is 0 Å². The molecule has 0 aliphatic heterocycles. The van der Waals surface area contributed by atoms with E-state index in [1.165, 1.54) is 0 Å². The zero-order chi connectivity index (χ0) is 13.9. The van der Waals surface area contributed by atoms with Crippen molar-refractivity contribution < 1.29 is 0 Å². The fraction of sp³-hybridized carbons (Fsp3) is 0.500. The summed E-state index contributed by atoms with van der Waals surface area (Å²) in [6.07, 6.45) is 1.00. The highest BCUT2D eigenvalue weighted by Crippen LogP contribution is 2.18. The van der Waals surface area contributed by atoms with Crippen LogP contribution in [0.25, 0.3) is 11.0 Å². The first-order valence-electron chi connectivity index (χ1n) is 6.62. The minimum absolute atomic E-state index is 0.163. The average molecular weight is 262 g/mol. The molecule has 0 aliphatic rings. The number of aromatic nitrogens is 2. The topological polar surface area (TPSA) is 86.7 Å². The van der Waals surface area contributed by atoms with E-state index in [1.807, 2.05) is 18.2 Å². The van der Waals surface area contributed by atoms with Gasteiger partial charge in [-0.25, -0.2) is 4.79 Å². The number of imidazole rings is 1. The quantitative estimate of drug-likeness (QED) is 0.633. The first-order chi connectivity index (χ1) is 9.00. The first-order valence-corrected chi connectivity index (χ1v) is 6.62. The molecule has 0 bridgehead atoms. The largest absolute Gasteiger partial charge is 0.330 e. The maximum absolute atomic E-state index is 11.2. The monoisotopic (exact) mass is 262 g/mol. The van der Waals surface area contributed by atoms with E-state index < -0.39 is 0 Å². The van der Waals surface area contributed by atoms with E-state index in [9.17, 15) is 4.79 Å². The van der Waals surface area contributed by atoms with E-state index in [1.54, 1.807) is 0 Å². The highest BCUT2D eigenvalue weighted by molar-refractivity contribution is 5.74. The molecule has 0 atom stereocenters. The van der Waals surface area contributed by atoms with Gasteiger partial charge in [0.25, 0.3) is 0 Å². The molecule has 0 saturated heterocycles. The van der Waals surface area contributed by atoms with Crippen molar-refractivity contribution in [3.8, 4) is 0 Å². The average Bonchev–Trinajstić information content (AvgIpc) is 2.68. The Morgan fingerprint density at radius 2 is 2.00 bits per heavy atom. The predicted molar refractivity (Wildman–Crippen MR) is 78.1 cm³/mol. The highest BCUT2D eigenvalue weighted by Gasteiger charge is 2.15. The second kappa shape index (κ2) is 5.59. The van der Waals surface area contributed by atoms with E-state index >= 15 is 0 Å². The maximum Gasteiger partial charge on any atom is 0.323 e. The summed E-state index contributed by atoms with van der Waals surface area (Å²) < 4.78 is 0. The molecule has 104 valence electrons. The molecule has 1 aromatic heterocycles. The zero-order valence-corrected chi connectivity index (χ0v) is 11.5. The number of nitrogens with two attached hydrogens (primary N) is 1. The Labute approximate surface area is 112 Å². The van der Waals surface area contributed by atoms with E-state index in [0.29, 0.717) is 6.54 Å². The van der Waals surface area contributed by atoms with Crippen LogP contribution in [0.5, 0.6) is 0 Å². The van der Waals surface area contributed by atoms with Gasteiger partial charge in [0, 0.05) is 13.1 Å². The van der Waals surface area contributed by atoms with Crippen molar-refractivity contribution >= 4 is 11.0 Å². The molecule has 0 aliphatic carbocycles. The molecule has 0 unspecified atom stereocenters. The van der Waals surface area contributed by atoms with Crippen LogP contribution in [0.15, 0.2) is 23.0 Å². The molecule has 0 saturated carbocycles. The number of nitrogens with one attached hydrogen (secondary N) is 3. The van der Waals surface area contributed by atoms with Gasteiger partial charge >= 0.3 is 5.69 Å². The summed E-state index contributed by atoms with van der Waals surface area (Å²) in [5.74, 6) is 0. The van der Waals surface area contributed by atoms with Gasteiger partial charge in [-0.15, -0.1) is 0 Å². The van der Waals surface area contributed by atoms with Gasteiger partial charge in [-0.2, -0.15) is 0 Å². The number of hydrogen-bond donors (Lipinski definition) is 4. The smallest absolute Gasteiger partial charge is 0.323 e. The van der Waals surface area contributed by atoms with Crippen molar-refractivity contribution in [3.63, 3.8) is 0 Å². The lowest BCUT2D eigenvalue weighted by Gasteiger charge is -2.24. The van der Waals surface area contributed by atoms with Gasteiger partial charge in [-0.3, -0.25) is 0 Å². The fourth-order valence-electron chi connectivity index (χ4n) is 2.21. The molecule has 5 N–H and O–H groups in total. The number of aromatic amines is 2. The minimum Gasteiger partial charge on any atom is -0.330 e. The van der Waals surface area contributed by atoms with Crippen LogP contribution in [0, 0.1) is 5.41 Å². The molecule has 5 nitrogen and oxygen atoms in total. The Morgan fingerprint density at radius 3 is 2.74 bits per heavy atom. The van der Waals surface area contributed by atoms with Crippen LogP contribution in [0.3, 0.4) is 0 Å². The summed E-state index contributed by atoms with van der Waals surface area (Å²) in [5, 5.41) is 3.44. The van der Waals surface area contributed by atoms with Gasteiger partial charge in [0.1, 0.15) is 0 Å². The molecule has 0 amide bonds. The number of benzene rings is 1. The SMILES string of the molecule is CC(C)(CCN)CNCc1ccc2[nH]c(=O)[nH]c2c1. The molecule has 0 fully saturated rings. The van der Waals surface area contributed by atoms with Crippen LogP contribution < -0.4 is 16.7 Å². The minimum atomic E-state index is -0.163. The van der Waals surface area contributed by atoms with Gasteiger partial charge in [0.15, 0.2) is 0 Å². The zero-order valence-electron chi connectivity index (χ0n) is 11.5. The van der Waals surface area contributed by atoms with Gasteiger partial charge < -0.3 is 21.0 Å². The van der Waals surface area contributed by atoms with Crippen molar-refractivity contribution in [2.45, 2.75) is 26.8 Å². The Hall–Kier alpha value is -1.59. The van der Waals surface area contributed by atoms with Crippen molar-refractivity contribution in [2.75, 3.05) is 13.1 Å². The second-order valence-corrected chi connectivity index (χ2v) is 5.77. The molecular formula is C14H22N4O. The summed E-state index contributed by atoms with van der Waals surface area (Å²) in [5.41, 5.74) is 8.50. The van der Waals surface area contributed by atoms with E-state index in [-0.39, 0.29) is 11.1 Å². The van der Waals surface area contributed by atoms with Crippen LogP contribution in [0.2, 0.25) is 0 Å². The van der Waals surface area contributed by atoms with Crippen LogP contribution >= 0.6 is 0 Å². The predicted octanol–water partition coefficient (Wildman–Crippen LogP) is 1.32. The third-order valence-electron chi connectivity index (χ3n) is 3.33. The summed E-state index contributed by atoms with van der Waals surface area (Å²) >= 11 is 0. The molecule has 2 aromatic rings. The molecule has 1 aromatic carbocycles. The third-order valence-corrected chi connectivity index (χ3v) is 3.33. The van der Waals surface area contributed by atoms with Crippen molar-refractivity contribution in [2.24, 2.45) is 11.1 Å². The fourth-order valence-corrected chi connectivity index (χ4v) is 2.21. The van der Waals surface area contributed by atoms with Gasteiger partial charge in [0.05, 0.1) is 11.0 Å². The molecule has 5 heteroatoms. The van der Waals surface area contributed by atoms with Crippen molar-refractivity contribution in [1.82, 2.24) is 15.3 Å². The lowest BCUT2D eigenvalue weighted by atomic mass is 9.89. The number of rotatable bonds is 6. The first kappa shape index (κ1) is 13.8. The third kappa shape index (κ3) is 3.68. The molecule has 19 heavy (non-hydrogen) atoms. The van der Waals surface area contributed by atoms with Crippen LogP contribution in [0.1, 0.15) is 25.8 Å².